The van der Waals surface area contributed by atoms with Crippen LogP contribution in [0.1, 0.15) is 18.4 Å². The number of hydrogen-bond acceptors (Lipinski definition) is 2. The lowest BCUT2D eigenvalue weighted by Gasteiger charge is -2.11. The van der Waals surface area contributed by atoms with Crippen molar-refractivity contribution in [3.63, 3.8) is 0 Å². The van der Waals surface area contributed by atoms with Gasteiger partial charge in [0, 0.05) is 12.1 Å². The van der Waals surface area contributed by atoms with Gasteiger partial charge in [0.05, 0.1) is 5.02 Å². The quantitative estimate of drug-likeness (QED) is 0.817. The Hall–Kier alpha value is -0.800. The highest BCUT2D eigenvalue weighted by Gasteiger charge is 2.17. The smallest absolute Gasteiger partial charge is 0.137 e. The number of phenolic OH excluding ortho intramolecular Hbond substituents is 1. The first-order chi connectivity index (χ1) is 7.16. The molecule has 82 valence electrons. The van der Waals surface area contributed by atoms with E-state index in [1.807, 2.05) is 0 Å². The molecule has 0 amide bonds. The molecule has 1 heterocycles. The lowest BCUT2D eigenvalue weighted by atomic mass is 10.0. The van der Waals surface area contributed by atoms with Crippen molar-refractivity contribution in [3.05, 3.63) is 28.5 Å². The van der Waals surface area contributed by atoms with E-state index in [4.69, 9.17) is 11.6 Å². The zero-order valence-corrected chi connectivity index (χ0v) is 9.02. The van der Waals surface area contributed by atoms with Crippen LogP contribution in [0.2, 0.25) is 5.02 Å². The van der Waals surface area contributed by atoms with Crippen LogP contribution in [0.15, 0.2) is 12.1 Å². The number of benzene rings is 1. The van der Waals surface area contributed by atoms with E-state index in [9.17, 15) is 9.50 Å². The minimum atomic E-state index is -0.384. The summed E-state index contributed by atoms with van der Waals surface area (Å²) in [5.74, 6) is -0.581. The van der Waals surface area contributed by atoms with Gasteiger partial charge in [-0.25, -0.2) is 4.39 Å². The molecule has 0 aliphatic carbocycles. The van der Waals surface area contributed by atoms with Crippen molar-refractivity contribution in [1.82, 2.24) is 5.32 Å². The van der Waals surface area contributed by atoms with E-state index in [2.05, 4.69) is 5.32 Å². The van der Waals surface area contributed by atoms with Gasteiger partial charge in [-0.3, -0.25) is 0 Å². The van der Waals surface area contributed by atoms with Crippen molar-refractivity contribution >= 4 is 11.6 Å². The molecule has 1 aliphatic rings. The van der Waals surface area contributed by atoms with E-state index >= 15 is 0 Å². The number of nitrogens with one attached hydrogen (secondary N) is 1. The molecule has 1 unspecified atom stereocenters. The first-order valence-electron chi connectivity index (χ1n) is 5.07. The van der Waals surface area contributed by atoms with E-state index in [1.165, 1.54) is 6.07 Å². The van der Waals surface area contributed by atoms with E-state index in [-0.39, 0.29) is 16.6 Å². The third-order valence-electron chi connectivity index (χ3n) is 2.74. The average molecular weight is 230 g/mol. The van der Waals surface area contributed by atoms with Crippen molar-refractivity contribution < 1.29 is 9.50 Å². The van der Waals surface area contributed by atoms with Crippen molar-refractivity contribution in [2.45, 2.75) is 25.3 Å². The van der Waals surface area contributed by atoms with Crippen LogP contribution in [0.25, 0.3) is 0 Å². The highest BCUT2D eigenvalue weighted by molar-refractivity contribution is 6.32. The Morgan fingerprint density at radius 3 is 3.00 bits per heavy atom. The van der Waals surface area contributed by atoms with Crippen molar-refractivity contribution in [1.29, 1.82) is 0 Å². The van der Waals surface area contributed by atoms with Crippen LogP contribution < -0.4 is 5.32 Å². The summed E-state index contributed by atoms with van der Waals surface area (Å²) in [6.07, 6.45) is 2.84. The van der Waals surface area contributed by atoms with Crippen LogP contribution in [-0.2, 0) is 6.42 Å². The van der Waals surface area contributed by atoms with Crippen molar-refractivity contribution in [2.75, 3.05) is 6.54 Å². The maximum atomic E-state index is 13.4. The summed E-state index contributed by atoms with van der Waals surface area (Å²) >= 11 is 5.73. The fourth-order valence-corrected chi connectivity index (χ4v) is 2.12. The second-order valence-electron chi connectivity index (χ2n) is 3.89. The minimum Gasteiger partial charge on any atom is -0.506 e. The summed E-state index contributed by atoms with van der Waals surface area (Å²) < 4.78 is 13.4. The summed E-state index contributed by atoms with van der Waals surface area (Å²) in [7, 11) is 0. The lowest BCUT2D eigenvalue weighted by Crippen LogP contribution is -2.24. The predicted molar refractivity (Wildman–Crippen MR) is 57.8 cm³/mol. The molecule has 1 saturated heterocycles. The van der Waals surface area contributed by atoms with Gasteiger partial charge in [0.2, 0.25) is 0 Å². The molecule has 1 aromatic rings. The Labute approximate surface area is 93.1 Å². The van der Waals surface area contributed by atoms with Gasteiger partial charge in [-0.1, -0.05) is 11.6 Å². The number of phenols is 1. The first kappa shape index (κ1) is 10.7. The second kappa shape index (κ2) is 4.37. The molecule has 4 heteroatoms. The monoisotopic (exact) mass is 229 g/mol. The summed E-state index contributed by atoms with van der Waals surface area (Å²) in [5, 5.41) is 12.7. The number of halogens is 2. The molecule has 0 saturated carbocycles. The van der Waals surface area contributed by atoms with Crippen LogP contribution in [-0.4, -0.2) is 17.7 Å². The summed E-state index contributed by atoms with van der Waals surface area (Å²) in [5.41, 5.74) is 0.567. The fraction of sp³-hybridized carbons (Fsp3) is 0.455. The van der Waals surface area contributed by atoms with Gasteiger partial charge in [-0.05, 0) is 37.4 Å². The molecule has 2 nitrogen and oxygen atoms in total. The Morgan fingerprint density at radius 2 is 2.33 bits per heavy atom. The van der Waals surface area contributed by atoms with Crippen LogP contribution in [0.5, 0.6) is 5.75 Å². The third-order valence-corrected chi connectivity index (χ3v) is 3.05. The van der Waals surface area contributed by atoms with E-state index < -0.39 is 0 Å². The minimum absolute atomic E-state index is 0.197. The van der Waals surface area contributed by atoms with Crippen LogP contribution >= 0.6 is 11.6 Å². The van der Waals surface area contributed by atoms with Gasteiger partial charge in [0.25, 0.3) is 0 Å². The van der Waals surface area contributed by atoms with E-state index in [1.54, 1.807) is 0 Å². The zero-order chi connectivity index (χ0) is 10.8. The highest BCUT2D eigenvalue weighted by Crippen LogP contribution is 2.27. The molecule has 15 heavy (non-hydrogen) atoms. The van der Waals surface area contributed by atoms with Crippen LogP contribution in [0.3, 0.4) is 0 Å². The molecule has 1 fully saturated rings. The third kappa shape index (κ3) is 2.41. The Balaban J connectivity index is 2.16. The van der Waals surface area contributed by atoms with Gasteiger partial charge in [-0.15, -0.1) is 0 Å². The number of hydrogen-bond donors (Lipinski definition) is 2. The van der Waals surface area contributed by atoms with Gasteiger partial charge in [-0.2, -0.15) is 0 Å². The lowest BCUT2D eigenvalue weighted by molar-refractivity contribution is 0.466. The fourth-order valence-electron chi connectivity index (χ4n) is 1.93. The zero-order valence-electron chi connectivity index (χ0n) is 8.26. The average Bonchev–Trinajstić information content (AvgIpc) is 2.67. The second-order valence-corrected chi connectivity index (χ2v) is 4.30. The standard InChI is InChI=1S/C11H13ClFNO/c12-9-5-7(10(13)6-11(9)15)4-8-2-1-3-14-8/h5-6,8,14-15H,1-4H2. The highest BCUT2D eigenvalue weighted by atomic mass is 35.5. The van der Waals surface area contributed by atoms with Gasteiger partial charge in [0.15, 0.2) is 0 Å². The van der Waals surface area contributed by atoms with Gasteiger partial charge in [0.1, 0.15) is 11.6 Å². The molecular weight excluding hydrogens is 217 g/mol. The molecule has 2 N–H and O–H groups in total. The molecule has 1 aliphatic heterocycles. The normalized spacial score (nSPS) is 20.8. The molecule has 0 spiro atoms. The van der Waals surface area contributed by atoms with Gasteiger partial charge >= 0.3 is 0 Å². The predicted octanol–water partition coefficient (Wildman–Crippen LogP) is 2.48. The largest absolute Gasteiger partial charge is 0.506 e. The molecule has 0 radical (unpaired) electrons. The maximum absolute atomic E-state index is 13.4. The summed E-state index contributed by atoms with van der Waals surface area (Å²) in [4.78, 5) is 0. The molecule has 1 aromatic carbocycles. The Morgan fingerprint density at radius 1 is 1.53 bits per heavy atom. The van der Waals surface area contributed by atoms with E-state index in [0.29, 0.717) is 18.0 Å². The Kier molecular flexibility index (Phi) is 3.12. The summed E-state index contributed by atoms with van der Waals surface area (Å²) in [6.45, 7) is 0.998. The summed E-state index contributed by atoms with van der Waals surface area (Å²) in [6, 6.07) is 2.92. The Bertz CT molecular complexity index is 364. The molecule has 0 aromatic heterocycles. The van der Waals surface area contributed by atoms with Crippen LogP contribution in [0, 0.1) is 5.82 Å². The topological polar surface area (TPSA) is 32.3 Å². The first-order valence-corrected chi connectivity index (χ1v) is 5.45. The SMILES string of the molecule is Oc1cc(F)c(CC2CCCN2)cc1Cl. The maximum Gasteiger partial charge on any atom is 0.137 e. The van der Waals surface area contributed by atoms with E-state index in [0.717, 1.165) is 25.5 Å². The number of rotatable bonds is 2. The molecule has 2 rings (SSSR count). The molecule has 0 bridgehead atoms. The van der Waals surface area contributed by atoms with Crippen molar-refractivity contribution in [3.8, 4) is 5.75 Å². The molecular formula is C11H13ClFNO. The van der Waals surface area contributed by atoms with Gasteiger partial charge < -0.3 is 10.4 Å². The van der Waals surface area contributed by atoms with Crippen molar-refractivity contribution in [2.24, 2.45) is 0 Å². The van der Waals surface area contributed by atoms with Crippen LogP contribution in [0.4, 0.5) is 4.39 Å². The number of aromatic hydroxyl groups is 1. The molecule has 1 atom stereocenters.